The maximum absolute atomic E-state index is 5.27. The zero-order valence-electron chi connectivity index (χ0n) is 14.1. The molecule has 0 radical (unpaired) electrons. The van der Waals surface area contributed by atoms with E-state index in [0.29, 0.717) is 11.3 Å². The monoisotopic (exact) mass is 283 g/mol. The Bertz CT molecular complexity index is 286. The molecule has 2 rings (SSSR count). The van der Waals surface area contributed by atoms with Crippen LogP contribution in [0.1, 0.15) is 41.0 Å². The van der Waals surface area contributed by atoms with Crippen molar-refractivity contribution >= 4 is 0 Å². The molecular formula is C17H33NO2. The van der Waals surface area contributed by atoms with Gasteiger partial charge in [-0.2, -0.15) is 0 Å². The first kappa shape index (κ1) is 17.7. The molecule has 2 heterocycles. The molecule has 3 heteroatoms. The molecule has 0 N–H and O–H groups in total. The van der Waals surface area contributed by atoms with Crippen molar-refractivity contribution in [2.75, 3.05) is 46.1 Å². The van der Waals surface area contributed by atoms with Crippen LogP contribution in [-0.4, -0.2) is 51.0 Å². The lowest BCUT2D eigenvalue weighted by Gasteiger charge is -2.32. The number of hydrogen-bond acceptors (Lipinski definition) is 3. The van der Waals surface area contributed by atoms with Crippen molar-refractivity contribution in [1.82, 2.24) is 4.90 Å². The van der Waals surface area contributed by atoms with Gasteiger partial charge in [0, 0.05) is 19.6 Å². The number of ether oxygens (including phenoxy) is 2. The van der Waals surface area contributed by atoms with Crippen LogP contribution in [0.5, 0.6) is 0 Å². The highest BCUT2D eigenvalue weighted by atomic mass is 16.5. The third kappa shape index (κ3) is 8.03. The second-order valence-corrected chi connectivity index (χ2v) is 7.21. The molecule has 0 aromatic carbocycles. The standard InChI is InChI=1S/C9H19NO.C8H14O/c1-9(2,3)8-10-4-6-11-7-5-10;1-7(2)8-3-5-9-6-4-8/h4-8H2,1-3H3;3,7H,4-6H2,1-2H3. The van der Waals surface area contributed by atoms with Gasteiger partial charge in [-0.3, -0.25) is 4.90 Å². The summed E-state index contributed by atoms with van der Waals surface area (Å²) in [5.41, 5.74) is 1.98. The summed E-state index contributed by atoms with van der Waals surface area (Å²) in [5.74, 6) is 0.717. The minimum atomic E-state index is 0.428. The Hall–Kier alpha value is -0.380. The van der Waals surface area contributed by atoms with Crippen molar-refractivity contribution in [2.45, 2.75) is 41.0 Å². The van der Waals surface area contributed by atoms with Crippen molar-refractivity contribution in [2.24, 2.45) is 11.3 Å². The lowest BCUT2D eigenvalue weighted by molar-refractivity contribution is 0.0236. The highest BCUT2D eigenvalue weighted by Crippen LogP contribution is 2.16. The first-order valence-electron chi connectivity index (χ1n) is 7.95. The summed E-state index contributed by atoms with van der Waals surface area (Å²) < 4.78 is 10.4. The van der Waals surface area contributed by atoms with Crippen LogP contribution in [0.4, 0.5) is 0 Å². The maximum atomic E-state index is 5.27. The zero-order chi connectivity index (χ0) is 15.0. The molecule has 2 aliphatic rings. The molecule has 0 aromatic heterocycles. The lowest BCUT2D eigenvalue weighted by Crippen LogP contribution is -2.41. The quantitative estimate of drug-likeness (QED) is 0.725. The Morgan fingerprint density at radius 2 is 1.75 bits per heavy atom. The van der Waals surface area contributed by atoms with Crippen molar-refractivity contribution in [3.05, 3.63) is 11.6 Å². The molecule has 0 aliphatic carbocycles. The molecule has 0 spiro atoms. The summed E-state index contributed by atoms with van der Waals surface area (Å²) in [5, 5.41) is 0. The second-order valence-electron chi connectivity index (χ2n) is 7.21. The van der Waals surface area contributed by atoms with Crippen molar-refractivity contribution in [3.63, 3.8) is 0 Å². The van der Waals surface area contributed by atoms with Gasteiger partial charge in [-0.1, -0.05) is 46.3 Å². The van der Waals surface area contributed by atoms with E-state index >= 15 is 0 Å². The van der Waals surface area contributed by atoms with Crippen molar-refractivity contribution in [3.8, 4) is 0 Å². The maximum Gasteiger partial charge on any atom is 0.0650 e. The highest BCUT2D eigenvalue weighted by Gasteiger charge is 2.17. The van der Waals surface area contributed by atoms with Gasteiger partial charge in [0.1, 0.15) is 0 Å². The third-order valence-corrected chi connectivity index (χ3v) is 3.54. The number of nitrogens with zero attached hydrogens (tertiary/aromatic N) is 1. The van der Waals surface area contributed by atoms with Gasteiger partial charge in [0.15, 0.2) is 0 Å². The SMILES string of the molecule is CC(C)(C)CN1CCOCC1.CC(C)C1=CCOCC1. The van der Waals surface area contributed by atoms with Crippen LogP contribution in [-0.2, 0) is 9.47 Å². The van der Waals surface area contributed by atoms with Crippen molar-refractivity contribution in [1.29, 1.82) is 0 Å². The smallest absolute Gasteiger partial charge is 0.0650 e. The van der Waals surface area contributed by atoms with Gasteiger partial charge >= 0.3 is 0 Å². The minimum absolute atomic E-state index is 0.428. The van der Waals surface area contributed by atoms with Crippen LogP contribution in [0.15, 0.2) is 11.6 Å². The number of morpholine rings is 1. The average molecular weight is 283 g/mol. The fourth-order valence-electron chi connectivity index (χ4n) is 2.50. The van der Waals surface area contributed by atoms with Crippen LogP contribution in [0, 0.1) is 11.3 Å². The molecular weight excluding hydrogens is 250 g/mol. The molecule has 2 aliphatic heterocycles. The first-order chi connectivity index (χ1) is 9.38. The molecule has 20 heavy (non-hydrogen) atoms. The minimum Gasteiger partial charge on any atom is -0.379 e. The van der Waals surface area contributed by atoms with Gasteiger partial charge in [0.2, 0.25) is 0 Å². The third-order valence-electron chi connectivity index (χ3n) is 3.54. The van der Waals surface area contributed by atoms with Crippen LogP contribution in [0.25, 0.3) is 0 Å². The molecule has 0 amide bonds. The molecule has 1 saturated heterocycles. The molecule has 0 atom stereocenters. The topological polar surface area (TPSA) is 21.7 Å². The summed E-state index contributed by atoms with van der Waals surface area (Å²) in [4.78, 5) is 2.48. The summed E-state index contributed by atoms with van der Waals surface area (Å²) in [6, 6.07) is 0. The fraction of sp³-hybridized carbons (Fsp3) is 0.882. The van der Waals surface area contributed by atoms with E-state index in [9.17, 15) is 0 Å². The molecule has 3 nitrogen and oxygen atoms in total. The van der Waals surface area contributed by atoms with Crippen LogP contribution >= 0.6 is 0 Å². The molecule has 0 saturated carbocycles. The largest absolute Gasteiger partial charge is 0.379 e. The zero-order valence-corrected chi connectivity index (χ0v) is 14.1. The van der Waals surface area contributed by atoms with Gasteiger partial charge in [0.05, 0.1) is 26.4 Å². The Kier molecular flexibility index (Phi) is 7.78. The molecule has 0 bridgehead atoms. The van der Waals surface area contributed by atoms with Crippen LogP contribution in [0.3, 0.4) is 0 Å². The fourth-order valence-corrected chi connectivity index (χ4v) is 2.50. The summed E-state index contributed by atoms with van der Waals surface area (Å²) in [7, 11) is 0. The predicted molar refractivity (Wildman–Crippen MR) is 85.1 cm³/mol. The van der Waals surface area contributed by atoms with E-state index in [-0.39, 0.29) is 0 Å². The molecule has 118 valence electrons. The Balaban J connectivity index is 0.000000204. The van der Waals surface area contributed by atoms with Gasteiger partial charge in [-0.25, -0.2) is 0 Å². The van der Waals surface area contributed by atoms with E-state index in [2.05, 4.69) is 45.6 Å². The van der Waals surface area contributed by atoms with E-state index < -0.39 is 0 Å². The van der Waals surface area contributed by atoms with Gasteiger partial charge in [0.25, 0.3) is 0 Å². The van der Waals surface area contributed by atoms with Gasteiger partial charge in [-0.15, -0.1) is 0 Å². The molecule has 0 aromatic rings. The van der Waals surface area contributed by atoms with Crippen LogP contribution in [0.2, 0.25) is 0 Å². The van der Waals surface area contributed by atoms with Crippen molar-refractivity contribution < 1.29 is 9.47 Å². The molecule has 1 fully saturated rings. The van der Waals surface area contributed by atoms with E-state index in [1.54, 1.807) is 5.57 Å². The predicted octanol–water partition coefficient (Wildman–Crippen LogP) is 3.35. The number of rotatable bonds is 2. The summed E-state index contributed by atoms with van der Waals surface area (Å²) in [6.07, 6.45) is 3.34. The second kappa shape index (κ2) is 8.81. The lowest BCUT2D eigenvalue weighted by atomic mass is 9.96. The Labute approximate surface area is 125 Å². The van der Waals surface area contributed by atoms with Crippen LogP contribution < -0.4 is 0 Å². The average Bonchev–Trinajstić information content (AvgIpc) is 2.40. The number of hydrogen-bond donors (Lipinski definition) is 0. The highest BCUT2D eigenvalue weighted by molar-refractivity contribution is 5.06. The molecule has 0 unspecified atom stereocenters. The van der Waals surface area contributed by atoms with E-state index in [4.69, 9.17) is 9.47 Å². The first-order valence-corrected chi connectivity index (χ1v) is 7.95. The Morgan fingerprint density at radius 3 is 2.15 bits per heavy atom. The Morgan fingerprint density at radius 1 is 1.10 bits per heavy atom. The normalized spacial score (nSPS) is 21.2. The van der Waals surface area contributed by atoms with E-state index in [0.717, 1.165) is 45.9 Å². The summed E-state index contributed by atoms with van der Waals surface area (Å²) >= 11 is 0. The van der Waals surface area contributed by atoms with E-state index in [1.165, 1.54) is 6.54 Å². The van der Waals surface area contributed by atoms with E-state index in [1.807, 2.05) is 0 Å². The van der Waals surface area contributed by atoms with Gasteiger partial charge in [-0.05, 0) is 17.8 Å². The summed E-state index contributed by atoms with van der Waals surface area (Å²) in [6.45, 7) is 18.3. The van der Waals surface area contributed by atoms with Gasteiger partial charge < -0.3 is 9.47 Å².